The number of aromatic nitrogens is 1. The van der Waals surface area contributed by atoms with Gasteiger partial charge in [0.2, 0.25) is 5.91 Å². The largest absolute Gasteiger partial charge is 0.341 e. The van der Waals surface area contributed by atoms with Crippen LogP contribution in [0, 0.1) is 0 Å². The van der Waals surface area contributed by atoms with Crippen molar-refractivity contribution in [2.24, 2.45) is 5.73 Å². The molecule has 4 heteroatoms. The van der Waals surface area contributed by atoms with E-state index in [-0.39, 0.29) is 11.9 Å². The molecular weight excluding hydrogens is 238 g/mol. The van der Waals surface area contributed by atoms with Gasteiger partial charge >= 0.3 is 0 Å². The molecular formula is C15H17N3O. The molecule has 3 rings (SSSR count). The van der Waals surface area contributed by atoms with E-state index in [1.54, 1.807) is 0 Å². The molecule has 0 bridgehead atoms. The third kappa shape index (κ3) is 2.44. The smallest absolute Gasteiger partial charge is 0.224 e. The predicted molar refractivity (Wildman–Crippen MR) is 74.6 cm³/mol. The predicted octanol–water partition coefficient (Wildman–Crippen LogP) is 1.34. The summed E-state index contributed by atoms with van der Waals surface area (Å²) in [5, 5.41) is 2.36. The summed E-state index contributed by atoms with van der Waals surface area (Å²) in [6.45, 7) is 1.43. The molecule has 1 atom stereocenters. The van der Waals surface area contributed by atoms with Crippen LogP contribution in [0.4, 0.5) is 0 Å². The van der Waals surface area contributed by atoms with Crippen LogP contribution < -0.4 is 5.73 Å². The summed E-state index contributed by atoms with van der Waals surface area (Å²) >= 11 is 0. The molecule has 1 aliphatic heterocycles. The fraction of sp³-hybridized carbons (Fsp3) is 0.333. The van der Waals surface area contributed by atoms with Crippen LogP contribution in [-0.4, -0.2) is 34.9 Å². The third-order valence-corrected chi connectivity index (χ3v) is 3.67. The molecule has 0 saturated carbocycles. The first-order valence-corrected chi connectivity index (χ1v) is 6.59. The molecule has 19 heavy (non-hydrogen) atoms. The van der Waals surface area contributed by atoms with Crippen molar-refractivity contribution in [3.05, 3.63) is 42.2 Å². The molecule has 1 aliphatic rings. The van der Waals surface area contributed by atoms with Crippen LogP contribution in [0.15, 0.2) is 36.7 Å². The minimum Gasteiger partial charge on any atom is -0.341 e. The topological polar surface area (TPSA) is 59.2 Å². The van der Waals surface area contributed by atoms with Gasteiger partial charge in [-0.1, -0.05) is 18.2 Å². The molecule has 0 spiro atoms. The molecule has 2 N–H and O–H groups in total. The second-order valence-electron chi connectivity index (χ2n) is 5.07. The molecule has 1 fully saturated rings. The Morgan fingerprint density at radius 1 is 1.37 bits per heavy atom. The van der Waals surface area contributed by atoms with Crippen LogP contribution in [0.25, 0.3) is 10.8 Å². The highest BCUT2D eigenvalue weighted by molar-refractivity contribution is 5.85. The molecule has 1 amide bonds. The van der Waals surface area contributed by atoms with Gasteiger partial charge < -0.3 is 10.6 Å². The van der Waals surface area contributed by atoms with Crippen molar-refractivity contribution in [1.29, 1.82) is 0 Å². The fourth-order valence-electron chi connectivity index (χ4n) is 2.68. The second-order valence-corrected chi connectivity index (χ2v) is 5.07. The summed E-state index contributed by atoms with van der Waals surface area (Å²) in [6.07, 6.45) is 5.03. The summed E-state index contributed by atoms with van der Waals surface area (Å²) in [5.74, 6) is 0.175. The number of rotatable bonds is 3. The summed E-state index contributed by atoms with van der Waals surface area (Å²) in [6, 6.07) is 8.24. The normalized spacial score (nSPS) is 19.3. The number of hydrogen-bond donors (Lipinski definition) is 1. The highest BCUT2D eigenvalue weighted by Gasteiger charge is 2.26. The first-order chi connectivity index (χ1) is 9.24. The second kappa shape index (κ2) is 4.97. The molecule has 0 aliphatic carbocycles. The zero-order valence-corrected chi connectivity index (χ0v) is 10.7. The molecule has 1 aromatic carbocycles. The van der Waals surface area contributed by atoms with E-state index in [1.165, 1.54) is 10.9 Å². The monoisotopic (exact) mass is 255 g/mol. The van der Waals surface area contributed by atoms with Crippen LogP contribution in [0.1, 0.15) is 12.0 Å². The lowest BCUT2D eigenvalue weighted by Gasteiger charge is -2.16. The minimum atomic E-state index is 0.00391. The standard InChI is InChI=1S/C15H17N3O/c16-13-8-15(19)18(10-13)7-5-11-2-1-3-12-9-17-6-4-14(11)12/h1-4,6,9,13H,5,7-8,10,16H2. The van der Waals surface area contributed by atoms with Crippen LogP contribution in [0.2, 0.25) is 0 Å². The highest BCUT2D eigenvalue weighted by Crippen LogP contribution is 2.19. The number of nitrogens with two attached hydrogens (primary N) is 1. The Labute approximate surface area is 112 Å². The Morgan fingerprint density at radius 3 is 3.05 bits per heavy atom. The first-order valence-electron chi connectivity index (χ1n) is 6.59. The van der Waals surface area contributed by atoms with Gasteiger partial charge in [0.1, 0.15) is 0 Å². The van der Waals surface area contributed by atoms with Crippen molar-refractivity contribution in [1.82, 2.24) is 9.88 Å². The number of likely N-dealkylation sites (tertiary alicyclic amines) is 1. The Morgan fingerprint density at radius 2 is 2.26 bits per heavy atom. The van der Waals surface area contributed by atoms with E-state index in [0.29, 0.717) is 13.0 Å². The van der Waals surface area contributed by atoms with E-state index in [0.717, 1.165) is 18.4 Å². The molecule has 98 valence electrons. The minimum absolute atomic E-state index is 0.00391. The number of carbonyl (C=O) groups excluding carboxylic acids is 1. The van der Waals surface area contributed by atoms with Crippen LogP contribution >= 0.6 is 0 Å². The van der Waals surface area contributed by atoms with Crippen molar-refractivity contribution in [2.45, 2.75) is 18.9 Å². The van der Waals surface area contributed by atoms with Gasteiger partial charge in [-0.3, -0.25) is 9.78 Å². The molecule has 2 heterocycles. The van der Waals surface area contributed by atoms with Crippen molar-refractivity contribution in [3.8, 4) is 0 Å². The van der Waals surface area contributed by atoms with E-state index >= 15 is 0 Å². The number of amides is 1. The number of hydrogen-bond acceptors (Lipinski definition) is 3. The van der Waals surface area contributed by atoms with Crippen molar-refractivity contribution < 1.29 is 4.79 Å². The Kier molecular flexibility index (Phi) is 3.17. The fourth-order valence-corrected chi connectivity index (χ4v) is 2.68. The van der Waals surface area contributed by atoms with Gasteiger partial charge in [0.25, 0.3) is 0 Å². The first kappa shape index (κ1) is 12.1. The number of benzene rings is 1. The van der Waals surface area contributed by atoms with Crippen molar-refractivity contribution in [3.63, 3.8) is 0 Å². The molecule has 1 aromatic heterocycles. The molecule has 4 nitrogen and oxygen atoms in total. The quantitative estimate of drug-likeness (QED) is 0.900. The molecule has 0 radical (unpaired) electrons. The summed E-state index contributed by atoms with van der Waals surface area (Å²) < 4.78 is 0. The van der Waals surface area contributed by atoms with Gasteiger partial charge in [-0.05, 0) is 23.4 Å². The number of nitrogens with zero attached hydrogens (tertiary/aromatic N) is 2. The third-order valence-electron chi connectivity index (χ3n) is 3.67. The lowest BCUT2D eigenvalue weighted by molar-refractivity contribution is -0.127. The maximum Gasteiger partial charge on any atom is 0.224 e. The van der Waals surface area contributed by atoms with Crippen molar-refractivity contribution >= 4 is 16.7 Å². The van der Waals surface area contributed by atoms with Gasteiger partial charge in [0.05, 0.1) is 0 Å². The van der Waals surface area contributed by atoms with E-state index in [9.17, 15) is 4.79 Å². The lowest BCUT2D eigenvalue weighted by atomic mass is 10.0. The van der Waals surface area contributed by atoms with Crippen LogP contribution in [0.3, 0.4) is 0 Å². The van der Waals surface area contributed by atoms with Crippen molar-refractivity contribution in [2.75, 3.05) is 13.1 Å². The average molecular weight is 255 g/mol. The Balaban J connectivity index is 1.77. The van der Waals surface area contributed by atoms with Crippen LogP contribution in [-0.2, 0) is 11.2 Å². The van der Waals surface area contributed by atoms with Crippen LogP contribution in [0.5, 0.6) is 0 Å². The summed E-state index contributed by atoms with van der Waals surface area (Å²) in [4.78, 5) is 17.7. The van der Waals surface area contributed by atoms with Gasteiger partial charge in [0, 0.05) is 43.3 Å². The molecule has 1 unspecified atom stereocenters. The zero-order chi connectivity index (χ0) is 13.2. The average Bonchev–Trinajstić information content (AvgIpc) is 2.74. The lowest BCUT2D eigenvalue weighted by Crippen LogP contribution is -2.30. The van der Waals surface area contributed by atoms with E-state index in [1.807, 2.05) is 29.4 Å². The maximum atomic E-state index is 11.7. The number of fused-ring (bicyclic) bond motifs is 1. The summed E-state index contributed by atoms with van der Waals surface area (Å²) in [5.41, 5.74) is 7.06. The Bertz CT molecular complexity index is 606. The molecule has 2 aromatic rings. The summed E-state index contributed by atoms with van der Waals surface area (Å²) in [7, 11) is 0. The van der Waals surface area contributed by atoms with Gasteiger partial charge in [0.15, 0.2) is 0 Å². The number of carbonyl (C=O) groups is 1. The van der Waals surface area contributed by atoms with Gasteiger partial charge in [-0.15, -0.1) is 0 Å². The number of pyridine rings is 1. The zero-order valence-electron chi connectivity index (χ0n) is 10.7. The van der Waals surface area contributed by atoms with E-state index in [4.69, 9.17) is 5.73 Å². The van der Waals surface area contributed by atoms with E-state index < -0.39 is 0 Å². The van der Waals surface area contributed by atoms with Gasteiger partial charge in [-0.2, -0.15) is 0 Å². The van der Waals surface area contributed by atoms with Gasteiger partial charge in [-0.25, -0.2) is 0 Å². The SMILES string of the molecule is NC1CC(=O)N(CCc2cccc3cnccc23)C1. The maximum absolute atomic E-state index is 11.7. The molecule has 1 saturated heterocycles. The Hall–Kier alpha value is -1.94. The van der Waals surface area contributed by atoms with E-state index in [2.05, 4.69) is 17.1 Å². The highest BCUT2D eigenvalue weighted by atomic mass is 16.2.